The molecule has 0 saturated carbocycles. The number of esters is 3. The number of ether oxygens (including phenoxy) is 21. The average molecular weight is 1950 g/mol. The van der Waals surface area contributed by atoms with E-state index in [2.05, 4.69) is 0 Å². The van der Waals surface area contributed by atoms with Crippen LogP contribution in [0.15, 0.2) is 322 Å². The number of hydrogen-bond acceptors (Lipinski definition) is 27. The molecular weight excluding hydrogens is 1830 g/mol. The summed E-state index contributed by atoms with van der Waals surface area (Å²) in [5.74, 6) is -3.50. The van der Waals surface area contributed by atoms with Gasteiger partial charge in [0.1, 0.15) is 90.8 Å². The van der Waals surface area contributed by atoms with Gasteiger partial charge in [-0.05, 0) is 113 Å². The number of carbonyl (C=O) groups is 6. The third kappa shape index (κ3) is 28.9. The Hall–Kier alpha value is -12.2. The Bertz CT molecular complexity index is 5680. The number of amides is 2. The first-order valence-corrected chi connectivity index (χ1v) is 48.7. The molecule has 1 unspecified atom stereocenters. The second-order valence-electron chi connectivity index (χ2n) is 35.7. The van der Waals surface area contributed by atoms with Crippen molar-refractivity contribution in [2.24, 2.45) is 0 Å². The standard InChI is InChI=1S/C115H123NO27/c1-77(117)58-63-96(119)140-101-94(76-135-113-106(133-72-85-49-27-11-28-50-85)103(131-70-83-45-23-9-24-46-83)98(78(2)136-113)128-67-80-39-17-6-18-40-80)139-115(142-100-93(75-126-66-87-59-61-89(123-3)62-60-87)137-112(127-64-36-14-33-57-95(118)124-4)97(102(100)130-69-82-43-21-8-22-44-82)116-109(120)90-55-34-35-56-91(90)110(116)121)108(141-111(122)88-53-31-13-32-54-88)105(101)143-114-107(134-73-86-51-29-12-30-52-86)104(132-71-84-47-25-10-26-48-84)99(129-68-81-41-19-7-20-42-81)92(138-114)74-125-65-79-37-15-5-16-38-79/h5-13,15-32,34-35,37-56,59-62,78,92-94,97-108,112-115H,14,33,36,57-58,63-76H2,1-4H3/t78-,92+,93+,94+,97+,98+,99+,100+,101-,102+,103+,104-,105-,106-,107+,108+,112+,113?,114+,115-/m0/s1. The van der Waals surface area contributed by atoms with Gasteiger partial charge in [0, 0.05) is 19.4 Å². The lowest BCUT2D eigenvalue weighted by molar-refractivity contribution is -0.388. The molecule has 0 spiro atoms. The van der Waals surface area contributed by atoms with Gasteiger partial charge >= 0.3 is 17.9 Å². The van der Waals surface area contributed by atoms with Gasteiger partial charge in [-0.15, -0.1) is 0 Å². The topological polar surface area (TPSA) is 299 Å². The summed E-state index contributed by atoms with van der Waals surface area (Å²) in [4.78, 5) is 90.6. The Morgan fingerprint density at radius 2 is 0.678 bits per heavy atom. The van der Waals surface area contributed by atoms with Crippen LogP contribution >= 0.6 is 0 Å². The predicted molar refractivity (Wildman–Crippen MR) is 523 cm³/mol. The highest BCUT2D eigenvalue weighted by molar-refractivity contribution is 6.21. The summed E-state index contributed by atoms with van der Waals surface area (Å²) in [5, 5.41) is 0. The molecule has 0 radical (unpaired) electrons. The van der Waals surface area contributed by atoms with Gasteiger partial charge in [-0.1, -0.05) is 292 Å². The first-order chi connectivity index (χ1) is 70.1. The molecule has 20 atom stereocenters. The molecule has 4 saturated heterocycles. The fourth-order valence-corrected chi connectivity index (χ4v) is 18.1. The molecule has 0 aliphatic carbocycles. The van der Waals surface area contributed by atoms with Crippen LogP contribution in [0.25, 0.3) is 0 Å². The maximum atomic E-state index is 16.2. The molecule has 11 aromatic carbocycles. The van der Waals surface area contributed by atoms with Crippen molar-refractivity contribution in [3.63, 3.8) is 0 Å². The summed E-state index contributed by atoms with van der Waals surface area (Å²) >= 11 is 0. The maximum absolute atomic E-state index is 16.2. The Labute approximate surface area is 833 Å². The van der Waals surface area contributed by atoms with Crippen LogP contribution in [-0.4, -0.2) is 204 Å². The minimum absolute atomic E-state index is 0.00427. The molecule has 5 aliphatic rings. The second kappa shape index (κ2) is 53.4. The highest BCUT2D eigenvalue weighted by atomic mass is 16.8. The summed E-state index contributed by atoms with van der Waals surface area (Å²) in [6.07, 6.45) is -27.0. The minimum Gasteiger partial charge on any atom is -0.497 e. The van der Waals surface area contributed by atoms with Crippen molar-refractivity contribution in [2.45, 2.75) is 235 Å². The summed E-state index contributed by atoms with van der Waals surface area (Å²) in [7, 11) is 2.89. The van der Waals surface area contributed by atoms with Gasteiger partial charge in [0.25, 0.3) is 11.8 Å². The van der Waals surface area contributed by atoms with Gasteiger partial charge < -0.3 is 104 Å². The quantitative estimate of drug-likeness (QED) is 0.0148. The van der Waals surface area contributed by atoms with Crippen molar-refractivity contribution >= 4 is 35.5 Å². The molecule has 2 amide bonds. The zero-order chi connectivity index (χ0) is 98.9. The molecule has 0 aromatic heterocycles. The average Bonchev–Trinajstić information content (AvgIpc) is 1.69. The highest BCUT2D eigenvalue weighted by Gasteiger charge is 2.62. The van der Waals surface area contributed by atoms with Crippen molar-refractivity contribution in [3.8, 4) is 5.75 Å². The number of methoxy groups -OCH3 is 2. The number of Topliss-reactive ketones (excluding diaryl/α,β-unsaturated/α-hetero) is 1. The lowest BCUT2D eigenvalue weighted by Gasteiger charge is -2.52. The molecule has 28 heteroatoms. The van der Waals surface area contributed by atoms with Gasteiger partial charge in [0.2, 0.25) is 0 Å². The van der Waals surface area contributed by atoms with Gasteiger partial charge in [-0.3, -0.25) is 24.1 Å². The maximum Gasteiger partial charge on any atom is 0.338 e. The molecule has 4 fully saturated rings. The van der Waals surface area contributed by atoms with Gasteiger partial charge in [-0.25, -0.2) is 4.79 Å². The Kier molecular flexibility index (Phi) is 38.7. The van der Waals surface area contributed by atoms with E-state index in [1.165, 1.54) is 14.0 Å². The lowest BCUT2D eigenvalue weighted by Crippen LogP contribution is -2.70. The van der Waals surface area contributed by atoms with Crippen molar-refractivity contribution < 1.29 is 128 Å². The van der Waals surface area contributed by atoms with Crippen LogP contribution in [0.3, 0.4) is 0 Å². The van der Waals surface area contributed by atoms with Crippen LogP contribution in [0.1, 0.15) is 134 Å². The van der Waals surface area contributed by atoms with E-state index < -0.39 is 166 Å². The fourth-order valence-electron chi connectivity index (χ4n) is 18.1. The zero-order valence-corrected chi connectivity index (χ0v) is 80.6. The highest BCUT2D eigenvalue weighted by Crippen LogP contribution is 2.43. The molecule has 5 heterocycles. The number of nitrogens with zero attached hydrogens (tertiary/aromatic N) is 1. The molecule has 143 heavy (non-hydrogen) atoms. The van der Waals surface area contributed by atoms with E-state index in [4.69, 9.17) is 99.5 Å². The summed E-state index contributed by atoms with van der Waals surface area (Å²) < 4.78 is 149. The van der Waals surface area contributed by atoms with Crippen molar-refractivity contribution in [1.29, 1.82) is 0 Å². The first-order valence-electron chi connectivity index (χ1n) is 48.7. The molecule has 0 N–H and O–H groups in total. The van der Waals surface area contributed by atoms with E-state index in [1.54, 1.807) is 73.8 Å². The Balaban J connectivity index is 0.892. The van der Waals surface area contributed by atoms with E-state index in [-0.39, 0.29) is 115 Å². The number of rotatable bonds is 51. The van der Waals surface area contributed by atoms with Crippen LogP contribution in [0.2, 0.25) is 0 Å². The van der Waals surface area contributed by atoms with E-state index in [0.29, 0.717) is 36.1 Å². The Morgan fingerprint density at radius 3 is 1.14 bits per heavy atom. The first kappa shape index (κ1) is 104. The predicted octanol–water partition coefficient (Wildman–Crippen LogP) is 17.2. The van der Waals surface area contributed by atoms with Crippen LogP contribution in [-0.2, 0) is 169 Å². The number of unbranched alkanes of at least 4 members (excludes halogenated alkanes) is 2. The van der Waals surface area contributed by atoms with Gasteiger partial charge in [0.15, 0.2) is 37.4 Å². The van der Waals surface area contributed by atoms with Crippen molar-refractivity contribution in [2.75, 3.05) is 40.6 Å². The molecule has 750 valence electrons. The summed E-state index contributed by atoms with van der Waals surface area (Å²) in [6, 6.07) is 96.7. The molecule has 28 nitrogen and oxygen atoms in total. The van der Waals surface area contributed by atoms with Crippen LogP contribution in [0.4, 0.5) is 0 Å². The van der Waals surface area contributed by atoms with Crippen LogP contribution in [0, 0.1) is 0 Å². The van der Waals surface area contributed by atoms with Gasteiger partial charge in [-0.2, -0.15) is 0 Å². The minimum atomic E-state index is -2.07. The SMILES string of the molecule is COC(=O)CCCCCO[C@@H]1O[C@H](COCc2ccc(OC)cc2)[C@@H](O[C@@H]2O[C@H](COC3O[C@@H](C)[C@@H](OCc4ccccc4)[C@@H](OCc4ccccc4)[C@@H]3OCc3ccccc3)[C@H](OC(=O)CCC(C)=O)[C@H](O[C@H]3O[C@H](COCc4ccccc4)[C@@H](OCc4ccccc4)[C@H](OCc4ccccc4)[C@H]3OCc3ccccc3)[C@H]2OC(=O)c2ccccc2)[C@H](OCc2ccccc2)[C@H]1N1C(=O)c2ccccc2C1=O. The molecule has 11 aromatic rings. The van der Waals surface area contributed by atoms with Crippen LogP contribution < -0.4 is 4.74 Å². The van der Waals surface area contributed by atoms with Crippen LogP contribution in [0.5, 0.6) is 5.75 Å². The fraction of sp³-hybridized carbons (Fsp3) is 0.374. The monoisotopic (exact) mass is 1950 g/mol. The third-order valence-electron chi connectivity index (χ3n) is 25.5. The van der Waals surface area contributed by atoms with Crippen molar-refractivity contribution in [3.05, 3.63) is 388 Å². The van der Waals surface area contributed by atoms with E-state index >= 15 is 19.2 Å². The Morgan fingerprint density at radius 1 is 0.301 bits per heavy atom. The third-order valence-corrected chi connectivity index (χ3v) is 25.5. The number of imide groups is 1. The molecule has 5 aliphatic heterocycles. The number of ketones is 1. The zero-order valence-electron chi connectivity index (χ0n) is 80.6. The smallest absolute Gasteiger partial charge is 0.338 e. The molecule has 16 rings (SSSR count). The number of fused-ring (bicyclic) bond motifs is 1. The van der Waals surface area contributed by atoms with Crippen molar-refractivity contribution in [1.82, 2.24) is 4.90 Å². The second-order valence-corrected chi connectivity index (χ2v) is 35.7. The lowest BCUT2D eigenvalue weighted by atomic mass is 9.93. The summed E-state index contributed by atoms with van der Waals surface area (Å²) in [5.41, 5.74) is 7.21. The number of carbonyl (C=O) groups excluding carboxylic acids is 6. The normalized spacial score (nSPS) is 24.7. The number of benzene rings is 11. The van der Waals surface area contributed by atoms with E-state index in [9.17, 15) is 9.59 Å². The largest absolute Gasteiger partial charge is 0.497 e. The summed E-state index contributed by atoms with van der Waals surface area (Å²) in [6.45, 7) is 1.95. The van der Waals surface area contributed by atoms with E-state index in [1.807, 2.05) is 262 Å². The molecule has 0 bridgehead atoms. The van der Waals surface area contributed by atoms with E-state index in [0.717, 1.165) is 43.8 Å². The molecular formula is C115H123NO27. The number of hydrogen-bond donors (Lipinski definition) is 0. The van der Waals surface area contributed by atoms with Gasteiger partial charge in [0.05, 0.1) is 123 Å².